The molecule has 2 aromatic carbocycles. The van der Waals surface area contributed by atoms with Crippen molar-refractivity contribution in [3.05, 3.63) is 77.1 Å². The Morgan fingerprint density at radius 1 is 1.00 bits per heavy atom. The summed E-state index contributed by atoms with van der Waals surface area (Å²) in [6.07, 6.45) is -0.00610. The summed E-state index contributed by atoms with van der Waals surface area (Å²) in [4.78, 5) is 22.2. The molecule has 2 heterocycles. The third kappa shape index (κ3) is 5.58. The number of benzene rings is 2. The number of ether oxygens (including phenoxy) is 1. The molecular weight excluding hydrogens is 468 g/mol. The Hall–Kier alpha value is -3.36. The van der Waals surface area contributed by atoms with Gasteiger partial charge < -0.3 is 14.9 Å². The number of rotatable bonds is 8. The summed E-state index contributed by atoms with van der Waals surface area (Å²) in [5.41, 5.74) is 5.65. The van der Waals surface area contributed by atoms with Crippen molar-refractivity contribution in [2.45, 2.75) is 31.2 Å². The Morgan fingerprint density at radius 2 is 1.68 bits per heavy atom. The number of nitrogens with zero attached hydrogens (tertiary/aromatic N) is 2. The first-order chi connectivity index (χ1) is 16.3. The number of carboxylic acids is 1. The number of aliphatic carboxylic acids is 1. The van der Waals surface area contributed by atoms with Crippen LogP contribution in [0.15, 0.2) is 59.8 Å². The van der Waals surface area contributed by atoms with Crippen molar-refractivity contribution in [1.29, 1.82) is 0 Å². The summed E-state index contributed by atoms with van der Waals surface area (Å²) in [6.45, 7) is 3.92. The number of carbonyl (C=O) groups is 1. The van der Waals surface area contributed by atoms with Gasteiger partial charge in [0.1, 0.15) is 0 Å². The lowest BCUT2D eigenvalue weighted by atomic mass is 10.1. The number of aryl methyl sites for hydroxylation is 2. The van der Waals surface area contributed by atoms with E-state index < -0.39 is 5.97 Å². The fraction of sp³-hybridized carbons (Fsp3) is 0.192. The molecule has 6 nitrogen and oxygen atoms in total. The normalized spacial score (nSPS) is 10.9. The lowest BCUT2D eigenvalue weighted by Gasteiger charge is -2.06. The molecule has 0 bridgehead atoms. The number of hydrogen-bond donors (Lipinski definition) is 2. The maximum Gasteiger partial charge on any atom is 0.307 e. The highest BCUT2D eigenvalue weighted by molar-refractivity contribution is 7.98. The van der Waals surface area contributed by atoms with Crippen LogP contribution in [0, 0.1) is 13.8 Å². The van der Waals surface area contributed by atoms with Crippen molar-refractivity contribution >= 4 is 29.1 Å². The molecule has 0 aliphatic heterocycles. The van der Waals surface area contributed by atoms with E-state index in [0.29, 0.717) is 11.5 Å². The first kappa shape index (κ1) is 23.8. The van der Waals surface area contributed by atoms with E-state index in [1.54, 1.807) is 35.2 Å². The molecule has 34 heavy (non-hydrogen) atoms. The minimum absolute atomic E-state index is 0.00610. The van der Waals surface area contributed by atoms with Crippen LogP contribution in [0.1, 0.15) is 22.5 Å². The van der Waals surface area contributed by atoms with Gasteiger partial charge in [-0.2, -0.15) is 0 Å². The average molecular weight is 493 g/mol. The van der Waals surface area contributed by atoms with Gasteiger partial charge in [-0.05, 0) is 66.4 Å². The lowest BCUT2D eigenvalue weighted by Crippen LogP contribution is -1.99. The zero-order valence-electron chi connectivity index (χ0n) is 19.0. The summed E-state index contributed by atoms with van der Waals surface area (Å²) in [6, 6.07) is 17.1. The molecule has 0 saturated carbocycles. The first-order valence-electron chi connectivity index (χ1n) is 10.6. The van der Waals surface area contributed by atoms with E-state index in [9.17, 15) is 9.90 Å². The van der Waals surface area contributed by atoms with E-state index in [-0.39, 0.29) is 12.2 Å². The van der Waals surface area contributed by atoms with Crippen molar-refractivity contribution in [2.24, 2.45) is 0 Å². The number of hydrogen-bond acceptors (Lipinski definition) is 7. The molecular formula is C26H24N2O4S2. The van der Waals surface area contributed by atoms with Gasteiger partial charge in [0, 0.05) is 26.9 Å². The summed E-state index contributed by atoms with van der Waals surface area (Å²) in [5.74, 6) is 0.342. The number of phenols is 1. The van der Waals surface area contributed by atoms with Gasteiger partial charge in [0.15, 0.2) is 16.7 Å². The van der Waals surface area contributed by atoms with Gasteiger partial charge in [-0.25, -0.2) is 9.97 Å². The number of thioether (sulfide) groups is 1. The summed E-state index contributed by atoms with van der Waals surface area (Å²) >= 11 is 3.20. The van der Waals surface area contributed by atoms with E-state index in [1.807, 2.05) is 50.2 Å². The molecule has 0 fully saturated rings. The Kier molecular flexibility index (Phi) is 7.19. The SMILES string of the molecule is COc1ccc(-c2cc(CSc3nc(C)cc(C)n3)c(-c3ccc(CC(=O)O)cc3)s2)cc1O. The van der Waals surface area contributed by atoms with Gasteiger partial charge in [-0.15, -0.1) is 11.3 Å². The van der Waals surface area contributed by atoms with E-state index in [2.05, 4.69) is 16.0 Å². The predicted molar refractivity (Wildman–Crippen MR) is 136 cm³/mol. The third-order valence-electron chi connectivity index (χ3n) is 5.16. The number of aromatic hydroxyl groups is 1. The van der Waals surface area contributed by atoms with Gasteiger partial charge in [0.05, 0.1) is 13.5 Å². The zero-order valence-corrected chi connectivity index (χ0v) is 20.7. The van der Waals surface area contributed by atoms with Gasteiger partial charge in [-0.3, -0.25) is 4.79 Å². The Bertz CT molecular complexity index is 1310. The van der Waals surface area contributed by atoms with Crippen molar-refractivity contribution in [2.75, 3.05) is 7.11 Å². The third-order valence-corrected chi connectivity index (χ3v) is 7.33. The van der Waals surface area contributed by atoms with Crippen LogP contribution >= 0.6 is 23.1 Å². The van der Waals surface area contributed by atoms with E-state index in [4.69, 9.17) is 9.84 Å². The second-order valence-electron chi connectivity index (χ2n) is 7.84. The van der Waals surface area contributed by atoms with Crippen molar-refractivity contribution < 1.29 is 19.7 Å². The molecule has 8 heteroatoms. The molecule has 0 unspecified atom stereocenters. The van der Waals surface area contributed by atoms with Gasteiger partial charge in [0.25, 0.3) is 0 Å². The molecule has 0 radical (unpaired) electrons. The van der Waals surface area contributed by atoms with Crippen molar-refractivity contribution in [1.82, 2.24) is 9.97 Å². The van der Waals surface area contributed by atoms with Crippen molar-refractivity contribution in [3.8, 4) is 32.4 Å². The highest BCUT2D eigenvalue weighted by Crippen LogP contribution is 2.42. The number of aromatic nitrogens is 2. The van der Waals surface area contributed by atoms with Crippen LogP contribution in [0.2, 0.25) is 0 Å². The summed E-state index contributed by atoms with van der Waals surface area (Å²) in [7, 11) is 1.52. The number of phenolic OH excluding ortho intramolecular Hbond substituents is 1. The Balaban J connectivity index is 1.70. The number of thiophene rings is 1. The second kappa shape index (κ2) is 10.3. The molecule has 0 spiro atoms. The fourth-order valence-corrected chi connectivity index (χ4v) is 5.82. The van der Waals surface area contributed by atoms with Crippen molar-refractivity contribution in [3.63, 3.8) is 0 Å². The van der Waals surface area contributed by atoms with Crippen LogP contribution in [0.3, 0.4) is 0 Å². The molecule has 0 saturated heterocycles. The molecule has 0 atom stereocenters. The van der Waals surface area contributed by atoms with E-state index in [0.717, 1.165) is 48.6 Å². The minimum Gasteiger partial charge on any atom is -0.504 e. The quantitative estimate of drug-likeness (QED) is 0.226. The average Bonchev–Trinajstić information content (AvgIpc) is 3.21. The van der Waals surface area contributed by atoms with E-state index >= 15 is 0 Å². The summed E-state index contributed by atoms with van der Waals surface area (Å²) in [5, 5.41) is 20.1. The topological polar surface area (TPSA) is 92.5 Å². The van der Waals surface area contributed by atoms with Crippen LogP contribution in [0.25, 0.3) is 20.9 Å². The second-order valence-corrected chi connectivity index (χ2v) is 9.84. The molecule has 174 valence electrons. The smallest absolute Gasteiger partial charge is 0.307 e. The Labute approximate surface area is 206 Å². The number of methoxy groups -OCH3 is 1. The molecule has 0 aliphatic carbocycles. The maximum absolute atomic E-state index is 11.0. The highest BCUT2D eigenvalue weighted by Gasteiger charge is 2.15. The minimum atomic E-state index is -0.851. The standard InChI is InChI=1S/C26H24N2O4S2/c1-15-10-16(2)28-26(27-15)33-14-20-13-23(19-8-9-22(32-3)21(29)12-19)34-25(20)18-6-4-17(5-7-18)11-24(30)31/h4-10,12-13,29H,11,14H2,1-3H3,(H,30,31). The highest BCUT2D eigenvalue weighted by atomic mass is 32.2. The summed E-state index contributed by atoms with van der Waals surface area (Å²) < 4.78 is 5.17. The lowest BCUT2D eigenvalue weighted by molar-refractivity contribution is -0.136. The van der Waals surface area contributed by atoms with Crippen LogP contribution in [-0.2, 0) is 17.0 Å². The van der Waals surface area contributed by atoms with Gasteiger partial charge in [0.2, 0.25) is 0 Å². The predicted octanol–water partition coefficient (Wildman–Crippen LogP) is 6.12. The van der Waals surface area contributed by atoms with Crippen LogP contribution in [-0.4, -0.2) is 33.3 Å². The number of carboxylic acid groups (broad SMARTS) is 1. The molecule has 4 aromatic rings. The molecule has 0 amide bonds. The maximum atomic E-state index is 11.0. The molecule has 0 aliphatic rings. The van der Waals surface area contributed by atoms with Gasteiger partial charge >= 0.3 is 5.97 Å². The zero-order chi connectivity index (χ0) is 24.2. The molecule has 2 N–H and O–H groups in total. The van der Waals surface area contributed by atoms with Crippen LogP contribution in [0.4, 0.5) is 0 Å². The largest absolute Gasteiger partial charge is 0.504 e. The fourth-order valence-electron chi connectivity index (χ4n) is 3.61. The van der Waals surface area contributed by atoms with Crippen LogP contribution < -0.4 is 4.74 Å². The monoisotopic (exact) mass is 492 g/mol. The first-order valence-corrected chi connectivity index (χ1v) is 12.4. The Morgan fingerprint density at radius 3 is 2.29 bits per heavy atom. The molecule has 4 rings (SSSR count). The molecule has 2 aromatic heterocycles. The van der Waals surface area contributed by atoms with Crippen LogP contribution in [0.5, 0.6) is 11.5 Å². The van der Waals surface area contributed by atoms with Gasteiger partial charge in [-0.1, -0.05) is 36.0 Å². The van der Waals surface area contributed by atoms with E-state index in [1.165, 1.54) is 7.11 Å².